The molecule has 120 valence electrons. The number of aromatic carboxylic acids is 1. The molecule has 0 aliphatic heterocycles. The van der Waals surface area contributed by atoms with E-state index in [9.17, 15) is 14.7 Å². The second-order valence-corrected chi connectivity index (χ2v) is 5.13. The van der Waals surface area contributed by atoms with E-state index in [-0.39, 0.29) is 11.5 Å². The van der Waals surface area contributed by atoms with E-state index < -0.39 is 5.97 Å². The first-order chi connectivity index (χ1) is 10.9. The second kappa shape index (κ2) is 7.95. The summed E-state index contributed by atoms with van der Waals surface area (Å²) in [6.45, 7) is 5.71. The van der Waals surface area contributed by atoms with Crippen LogP contribution in [0.25, 0.3) is 11.1 Å². The predicted molar refractivity (Wildman–Crippen MR) is 88.5 cm³/mol. The van der Waals surface area contributed by atoms with E-state index in [2.05, 4.69) is 13.8 Å². The molecule has 2 rings (SSSR count). The Bertz CT molecular complexity index is 750. The van der Waals surface area contributed by atoms with Crippen LogP contribution in [0.3, 0.4) is 0 Å². The van der Waals surface area contributed by atoms with Crippen molar-refractivity contribution in [3.63, 3.8) is 0 Å². The summed E-state index contributed by atoms with van der Waals surface area (Å²) in [7, 11) is 1.58. The minimum atomic E-state index is -1.10. The smallest absolute Gasteiger partial charge is 0.353 e. The average Bonchev–Trinajstić information content (AvgIpc) is 2.85. The molecule has 5 heteroatoms. The number of carbonyl (C=O) groups excluding carboxylic acids is 1. The van der Waals surface area contributed by atoms with Crippen LogP contribution in [0.4, 0.5) is 0 Å². The number of hydrogen-bond acceptors (Lipinski definition) is 3. The van der Waals surface area contributed by atoms with Crippen LogP contribution < -0.4 is 0 Å². The van der Waals surface area contributed by atoms with Gasteiger partial charge in [0.2, 0.25) is 0 Å². The molecule has 0 bridgehead atoms. The first-order valence-electron chi connectivity index (χ1n) is 7.31. The molecule has 2 aromatic rings. The van der Waals surface area contributed by atoms with Gasteiger partial charge in [-0.15, -0.1) is 0 Å². The maximum absolute atomic E-state index is 11.3. The van der Waals surface area contributed by atoms with Crippen molar-refractivity contribution in [2.24, 2.45) is 7.05 Å². The number of ketones is 1. The number of carbonyl (C=O) groups is 2. The van der Waals surface area contributed by atoms with E-state index in [4.69, 9.17) is 5.26 Å². The normalized spacial score (nSPS) is 9.52. The van der Waals surface area contributed by atoms with Crippen LogP contribution in [-0.4, -0.2) is 21.4 Å². The van der Waals surface area contributed by atoms with Crippen LogP contribution in [0.2, 0.25) is 0 Å². The minimum Gasteiger partial charge on any atom is -0.477 e. The molecule has 0 aliphatic carbocycles. The SMILES string of the molecule is CC(=O)c1ccc(-c2c(C#N)cn(C)c2C(=O)O)cc1.CCC. The number of aryl methyl sites for hydroxylation is 1. The van der Waals surface area contributed by atoms with E-state index in [1.807, 2.05) is 6.07 Å². The number of rotatable bonds is 3. The van der Waals surface area contributed by atoms with Gasteiger partial charge in [-0.3, -0.25) is 4.79 Å². The number of carboxylic acid groups (broad SMARTS) is 1. The maximum atomic E-state index is 11.3. The van der Waals surface area contributed by atoms with Gasteiger partial charge in [0, 0.05) is 24.4 Å². The number of aromatic nitrogens is 1. The second-order valence-electron chi connectivity index (χ2n) is 5.13. The fourth-order valence-corrected chi connectivity index (χ4v) is 2.13. The Morgan fingerprint density at radius 2 is 1.74 bits per heavy atom. The van der Waals surface area contributed by atoms with E-state index >= 15 is 0 Å². The molecule has 1 aromatic carbocycles. The molecule has 0 fully saturated rings. The quantitative estimate of drug-likeness (QED) is 0.872. The van der Waals surface area contributed by atoms with Crippen molar-refractivity contribution >= 4 is 11.8 Å². The monoisotopic (exact) mass is 312 g/mol. The summed E-state index contributed by atoms with van der Waals surface area (Å²) in [5, 5.41) is 18.4. The van der Waals surface area contributed by atoms with Crippen molar-refractivity contribution in [2.75, 3.05) is 0 Å². The largest absolute Gasteiger partial charge is 0.477 e. The van der Waals surface area contributed by atoms with Crippen molar-refractivity contribution < 1.29 is 14.7 Å². The molecule has 0 amide bonds. The van der Waals surface area contributed by atoms with Gasteiger partial charge >= 0.3 is 5.97 Å². The van der Waals surface area contributed by atoms with Crippen LogP contribution in [-0.2, 0) is 7.05 Å². The van der Waals surface area contributed by atoms with Crippen LogP contribution in [0, 0.1) is 11.3 Å². The molecular formula is C18H20N2O3. The van der Waals surface area contributed by atoms with Crippen LogP contribution in [0.15, 0.2) is 30.5 Å². The lowest BCUT2D eigenvalue weighted by molar-refractivity contribution is 0.0687. The van der Waals surface area contributed by atoms with Gasteiger partial charge in [0.1, 0.15) is 11.8 Å². The van der Waals surface area contributed by atoms with Gasteiger partial charge in [0.05, 0.1) is 5.56 Å². The molecule has 1 aromatic heterocycles. The van der Waals surface area contributed by atoms with E-state index in [1.165, 1.54) is 24.1 Å². The van der Waals surface area contributed by atoms with Crippen molar-refractivity contribution in [1.29, 1.82) is 5.26 Å². The summed E-state index contributed by atoms with van der Waals surface area (Å²) >= 11 is 0. The number of nitrogens with zero attached hydrogens (tertiary/aromatic N) is 2. The number of hydrogen-bond donors (Lipinski definition) is 1. The van der Waals surface area contributed by atoms with E-state index in [0.717, 1.165) is 0 Å². The highest BCUT2D eigenvalue weighted by Crippen LogP contribution is 2.29. The van der Waals surface area contributed by atoms with Gasteiger partial charge in [-0.05, 0) is 12.5 Å². The van der Waals surface area contributed by atoms with Crippen LogP contribution in [0.1, 0.15) is 53.6 Å². The van der Waals surface area contributed by atoms with Crippen molar-refractivity contribution in [1.82, 2.24) is 4.57 Å². The summed E-state index contributed by atoms with van der Waals surface area (Å²) < 4.78 is 1.41. The number of carboxylic acids is 1. The zero-order valence-electron chi connectivity index (χ0n) is 13.8. The molecule has 1 heterocycles. The van der Waals surface area contributed by atoms with E-state index in [0.29, 0.717) is 22.3 Å². The average molecular weight is 312 g/mol. The molecule has 23 heavy (non-hydrogen) atoms. The zero-order chi connectivity index (χ0) is 17.6. The topological polar surface area (TPSA) is 83.1 Å². The van der Waals surface area contributed by atoms with Gasteiger partial charge in [0.25, 0.3) is 0 Å². The number of benzene rings is 1. The highest BCUT2D eigenvalue weighted by atomic mass is 16.4. The summed E-state index contributed by atoms with van der Waals surface area (Å²) in [4.78, 5) is 22.6. The molecule has 0 spiro atoms. The van der Waals surface area contributed by atoms with Gasteiger partial charge in [-0.1, -0.05) is 44.5 Å². The Kier molecular flexibility index (Phi) is 6.28. The number of nitriles is 1. The summed E-state index contributed by atoms with van der Waals surface area (Å²) in [6, 6.07) is 8.55. The lowest BCUT2D eigenvalue weighted by Crippen LogP contribution is -2.05. The first kappa shape index (κ1) is 18.2. The molecule has 5 nitrogen and oxygen atoms in total. The molecule has 1 N–H and O–H groups in total. The fourth-order valence-electron chi connectivity index (χ4n) is 2.13. The Labute approximate surface area is 135 Å². The summed E-state index contributed by atoms with van der Waals surface area (Å²) in [6.07, 6.45) is 2.73. The predicted octanol–water partition coefficient (Wildman–Crippen LogP) is 3.88. The third-order valence-electron chi connectivity index (χ3n) is 3.08. The Balaban J connectivity index is 0.000000816. The van der Waals surface area contributed by atoms with Crippen LogP contribution in [0.5, 0.6) is 0 Å². The summed E-state index contributed by atoms with van der Waals surface area (Å²) in [5.41, 5.74) is 1.86. The van der Waals surface area contributed by atoms with Crippen LogP contribution >= 0.6 is 0 Å². The highest BCUT2D eigenvalue weighted by molar-refractivity contribution is 5.98. The minimum absolute atomic E-state index is 0.0529. The Morgan fingerprint density at radius 1 is 1.22 bits per heavy atom. The number of Topliss-reactive ketones (excluding diaryl/α,β-unsaturated/α-hetero) is 1. The molecule has 0 saturated carbocycles. The molecule has 0 unspecified atom stereocenters. The lowest BCUT2D eigenvalue weighted by atomic mass is 10.00. The van der Waals surface area contributed by atoms with Gasteiger partial charge in [-0.2, -0.15) is 5.26 Å². The third-order valence-corrected chi connectivity index (χ3v) is 3.08. The Morgan fingerprint density at radius 3 is 2.13 bits per heavy atom. The fraction of sp³-hybridized carbons (Fsp3) is 0.278. The van der Waals surface area contributed by atoms with Gasteiger partial charge < -0.3 is 9.67 Å². The molecule has 0 radical (unpaired) electrons. The van der Waals surface area contributed by atoms with Gasteiger partial charge in [0.15, 0.2) is 5.78 Å². The van der Waals surface area contributed by atoms with Crippen molar-refractivity contribution in [3.8, 4) is 17.2 Å². The molecule has 0 saturated heterocycles. The van der Waals surface area contributed by atoms with E-state index in [1.54, 1.807) is 31.3 Å². The standard InChI is InChI=1S/C15H12N2O3.C3H8/c1-9(18)10-3-5-11(6-4-10)13-12(7-16)8-17(2)14(13)15(19)20;1-3-2/h3-6,8H,1-2H3,(H,19,20);3H2,1-2H3. The molecule has 0 aliphatic rings. The Hall–Kier alpha value is -2.87. The first-order valence-corrected chi connectivity index (χ1v) is 7.31. The molecular weight excluding hydrogens is 292 g/mol. The third kappa shape index (κ3) is 4.07. The summed E-state index contributed by atoms with van der Waals surface area (Å²) in [5.74, 6) is -1.16. The van der Waals surface area contributed by atoms with Crippen molar-refractivity contribution in [3.05, 3.63) is 47.3 Å². The highest BCUT2D eigenvalue weighted by Gasteiger charge is 2.21. The van der Waals surface area contributed by atoms with Crippen molar-refractivity contribution in [2.45, 2.75) is 27.2 Å². The lowest BCUT2D eigenvalue weighted by Gasteiger charge is -2.04. The maximum Gasteiger partial charge on any atom is 0.353 e. The molecule has 0 atom stereocenters. The van der Waals surface area contributed by atoms with Gasteiger partial charge in [-0.25, -0.2) is 4.79 Å². The zero-order valence-corrected chi connectivity index (χ0v) is 13.8.